The van der Waals surface area contributed by atoms with Gasteiger partial charge < -0.3 is 9.79 Å². The molecule has 0 unspecified atom stereocenters. The summed E-state index contributed by atoms with van der Waals surface area (Å²) >= 11 is 0. The molecule has 0 aromatic carbocycles. The van der Waals surface area contributed by atoms with Gasteiger partial charge in [0.2, 0.25) is 0 Å². The first-order valence-corrected chi connectivity index (χ1v) is 6.56. The van der Waals surface area contributed by atoms with Gasteiger partial charge >= 0.3 is 0 Å². The van der Waals surface area contributed by atoms with Gasteiger partial charge in [-0.2, -0.15) is 0 Å². The van der Waals surface area contributed by atoms with Gasteiger partial charge in [-0.1, -0.05) is 69.8 Å². The molecular weight excluding hydrogens is 199 g/mol. The molecule has 0 aromatic heterocycles. The Bertz CT molecular complexity index is 106. The molecule has 0 radical (unpaired) electrons. The van der Waals surface area contributed by atoms with Crippen LogP contribution in [0.1, 0.15) is 65.2 Å². The maximum Gasteiger partial charge on any atom is 0.276 e. The molecule has 14 heavy (non-hydrogen) atoms. The average Bonchev–Trinajstić information content (AvgIpc) is 2.10. The fraction of sp³-hybridized carbons (Fsp3) is 1.00. The lowest BCUT2D eigenvalue weighted by atomic mass is 10.1. The van der Waals surface area contributed by atoms with E-state index in [9.17, 15) is 0 Å². The molecule has 0 amide bonds. The SMILES string of the molecule is CCCCCCCCCC.O=[P+]([O-])[O-]. The minimum Gasteiger partial charge on any atom is -0.598 e. The molecule has 0 fully saturated rings. The summed E-state index contributed by atoms with van der Waals surface area (Å²) in [5.74, 6) is 0. The van der Waals surface area contributed by atoms with E-state index < -0.39 is 8.25 Å². The number of unbranched alkanes of at least 4 members (excludes halogenated alkanes) is 7. The van der Waals surface area contributed by atoms with E-state index in [1.165, 1.54) is 51.4 Å². The summed E-state index contributed by atoms with van der Waals surface area (Å²) in [6, 6.07) is 0. The predicted octanol–water partition coefficient (Wildman–Crippen LogP) is 2.51. The van der Waals surface area contributed by atoms with E-state index >= 15 is 0 Å². The zero-order chi connectivity index (χ0) is 11.2. The second kappa shape index (κ2) is 15.5. The Kier molecular flexibility index (Phi) is 18.2. The van der Waals surface area contributed by atoms with Crippen LogP contribution >= 0.6 is 8.25 Å². The summed E-state index contributed by atoms with van der Waals surface area (Å²) in [6.45, 7) is 4.54. The number of rotatable bonds is 7. The highest BCUT2D eigenvalue weighted by Gasteiger charge is 1.87. The second-order valence-electron chi connectivity index (χ2n) is 3.34. The maximum absolute atomic E-state index is 8.48. The Morgan fingerprint density at radius 2 is 1.00 bits per heavy atom. The minimum atomic E-state index is -3.37. The Morgan fingerprint density at radius 3 is 1.21 bits per heavy atom. The first-order chi connectivity index (χ1) is 6.65. The van der Waals surface area contributed by atoms with Crippen molar-refractivity contribution in [2.75, 3.05) is 0 Å². The van der Waals surface area contributed by atoms with Crippen LogP contribution in [0.3, 0.4) is 0 Å². The van der Waals surface area contributed by atoms with Crippen molar-refractivity contribution in [1.82, 2.24) is 0 Å². The summed E-state index contributed by atoms with van der Waals surface area (Å²) in [5.41, 5.74) is 0. The van der Waals surface area contributed by atoms with Crippen LogP contribution in [0.5, 0.6) is 0 Å². The number of hydrogen-bond acceptors (Lipinski definition) is 3. The Hall–Kier alpha value is 0.0200. The zero-order valence-corrected chi connectivity index (χ0v) is 10.2. The van der Waals surface area contributed by atoms with E-state index in [1.807, 2.05) is 0 Å². The molecule has 0 N–H and O–H groups in total. The van der Waals surface area contributed by atoms with Gasteiger partial charge in [-0.05, 0) is 0 Å². The monoisotopic (exact) mass is 221 g/mol. The van der Waals surface area contributed by atoms with E-state index in [0.29, 0.717) is 0 Å². The highest BCUT2D eigenvalue weighted by molar-refractivity contribution is 7.27. The van der Waals surface area contributed by atoms with Crippen LogP contribution in [0.2, 0.25) is 0 Å². The summed E-state index contributed by atoms with van der Waals surface area (Å²) in [4.78, 5) is 17.0. The van der Waals surface area contributed by atoms with Crippen molar-refractivity contribution in [2.45, 2.75) is 65.2 Å². The van der Waals surface area contributed by atoms with Gasteiger partial charge in [-0.15, -0.1) is 0 Å². The highest BCUT2D eigenvalue weighted by Crippen LogP contribution is 2.07. The molecule has 0 saturated carbocycles. The molecule has 0 aromatic rings. The maximum atomic E-state index is 8.48. The van der Waals surface area contributed by atoms with Crippen molar-refractivity contribution >= 4 is 8.25 Å². The average molecular weight is 221 g/mol. The number of hydrogen-bond donors (Lipinski definition) is 0. The van der Waals surface area contributed by atoms with Gasteiger partial charge in [-0.25, -0.2) is 0 Å². The molecule has 0 aliphatic carbocycles. The fourth-order valence-corrected chi connectivity index (χ4v) is 1.21. The van der Waals surface area contributed by atoms with E-state index in [-0.39, 0.29) is 0 Å². The molecule has 3 nitrogen and oxygen atoms in total. The Morgan fingerprint density at radius 1 is 0.786 bits per heavy atom. The lowest BCUT2D eigenvalue weighted by Crippen LogP contribution is -1.97. The van der Waals surface area contributed by atoms with Crippen LogP contribution in [-0.2, 0) is 4.57 Å². The molecule has 0 bridgehead atoms. The molecule has 0 atom stereocenters. The van der Waals surface area contributed by atoms with Gasteiger partial charge in [0, 0.05) is 0 Å². The van der Waals surface area contributed by atoms with Crippen LogP contribution in [0.25, 0.3) is 0 Å². The van der Waals surface area contributed by atoms with Crippen molar-refractivity contribution in [3.63, 3.8) is 0 Å². The lowest BCUT2D eigenvalue weighted by molar-refractivity contribution is -0.297. The lowest BCUT2D eigenvalue weighted by Gasteiger charge is -1.97. The first kappa shape index (κ1) is 16.4. The topological polar surface area (TPSA) is 63.2 Å². The zero-order valence-electron chi connectivity index (χ0n) is 9.33. The summed E-state index contributed by atoms with van der Waals surface area (Å²) < 4.78 is 8.48. The van der Waals surface area contributed by atoms with E-state index in [4.69, 9.17) is 14.4 Å². The predicted molar refractivity (Wildman–Crippen MR) is 55.9 cm³/mol. The molecule has 0 rings (SSSR count). The van der Waals surface area contributed by atoms with Crippen molar-refractivity contribution in [1.29, 1.82) is 0 Å². The molecule has 86 valence electrons. The minimum absolute atomic E-state index is 1.37. The van der Waals surface area contributed by atoms with Gasteiger partial charge in [0.05, 0.1) is 0 Å². The van der Waals surface area contributed by atoms with E-state index in [0.717, 1.165) is 0 Å². The second-order valence-corrected chi connectivity index (χ2v) is 3.79. The third-order valence-electron chi connectivity index (χ3n) is 1.96. The third kappa shape index (κ3) is 29.6. The van der Waals surface area contributed by atoms with Crippen molar-refractivity contribution in [2.24, 2.45) is 0 Å². The highest BCUT2D eigenvalue weighted by atomic mass is 31.1. The molecule has 0 heterocycles. The molecular formula is C10H22O3P-. The summed E-state index contributed by atoms with van der Waals surface area (Å²) in [6.07, 6.45) is 11.5. The van der Waals surface area contributed by atoms with Crippen LogP contribution in [0.4, 0.5) is 0 Å². The van der Waals surface area contributed by atoms with Crippen LogP contribution in [-0.4, -0.2) is 0 Å². The summed E-state index contributed by atoms with van der Waals surface area (Å²) in [7, 11) is -3.37. The van der Waals surface area contributed by atoms with Crippen molar-refractivity contribution in [3.05, 3.63) is 0 Å². The van der Waals surface area contributed by atoms with Crippen LogP contribution in [0.15, 0.2) is 0 Å². The van der Waals surface area contributed by atoms with Crippen molar-refractivity contribution < 1.29 is 14.4 Å². The van der Waals surface area contributed by atoms with Crippen LogP contribution in [0, 0.1) is 0 Å². The molecule has 0 spiro atoms. The summed E-state index contributed by atoms with van der Waals surface area (Å²) in [5, 5.41) is 0. The first-order valence-electron chi connectivity index (χ1n) is 5.46. The van der Waals surface area contributed by atoms with Gasteiger partial charge in [0.1, 0.15) is 0 Å². The standard InChI is InChI=1S/C10H22.HO3P/c1-3-5-7-9-10-8-6-4-2;1-4(2)3/h3-10H2,1-2H3;(H,1,2,3)/p-1. The van der Waals surface area contributed by atoms with Gasteiger partial charge in [0.15, 0.2) is 0 Å². The van der Waals surface area contributed by atoms with E-state index in [1.54, 1.807) is 0 Å². The Balaban J connectivity index is 0. The van der Waals surface area contributed by atoms with Gasteiger partial charge in [0.25, 0.3) is 8.25 Å². The fourth-order valence-electron chi connectivity index (χ4n) is 1.21. The third-order valence-corrected chi connectivity index (χ3v) is 1.96. The molecule has 4 heteroatoms. The molecule has 0 aliphatic heterocycles. The quantitative estimate of drug-likeness (QED) is 0.490. The Labute approximate surface area is 88.5 Å². The van der Waals surface area contributed by atoms with Crippen LogP contribution < -0.4 is 9.79 Å². The van der Waals surface area contributed by atoms with E-state index in [2.05, 4.69) is 13.8 Å². The smallest absolute Gasteiger partial charge is 0.276 e. The normalized spacial score (nSPS) is 9.14. The molecule has 0 aliphatic rings. The van der Waals surface area contributed by atoms with Crippen molar-refractivity contribution in [3.8, 4) is 0 Å². The largest absolute Gasteiger partial charge is 0.598 e. The molecule has 0 saturated heterocycles. The van der Waals surface area contributed by atoms with Gasteiger partial charge in [-0.3, -0.25) is 0 Å².